The SMILES string of the molecule is CCC(=O)OC(C)CC(CC)CC1CCCC1.COc1ccnc(C(N)=O)c1OCOC(C)=O.OCC1CC1. The Hall–Kier alpha value is -2.88. The van der Waals surface area contributed by atoms with Crippen LogP contribution in [0.4, 0.5) is 0 Å². The third-order valence-electron chi connectivity index (χ3n) is 6.75. The average molecular weight is 553 g/mol. The first kappa shape index (κ1) is 34.1. The zero-order valence-electron chi connectivity index (χ0n) is 24.3. The summed E-state index contributed by atoms with van der Waals surface area (Å²) in [5.74, 6) is 1.36. The molecular formula is C29H48N2O8. The standard InChI is InChI=1S/C15H28O2.C10H12N2O5.C4H8O/c1-4-13(11-14-8-6-7-9-14)10-12(3)17-15(16)5-2;1-6(13)16-5-17-9-7(15-2)3-4-12-8(9)10(11)14;5-3-4-1-2-4/h12-14H,4-11H2,1-3H3;3-4H,5H2,1-2H3,(H2,11,14);4-5H,1-3H2. The van der Waals surface area contributed by atoms with E-state index in [1.54, 1.807) is 0 Å². The molecule has 2 aliphatic carbocycles. The van der Waals surface area contributed by atoms with E-state index in [2.05, 4.69) is 16.6 Å². The largest absolute Gasteiger partial charge is 0.493 e. The molecule has 2 saturated carbocycles. The quantitative estimate of drug-likeness (QED) is 0.260. The number of amides is 1. The maximum atomic E-state index is 11.2. The molecule has 0 radical (unpaired) electrons. The Balaban J connectivity index is 0.000000330. The molecule has 10 nitrogen and oxygen atoms in total. The molecule has 0 bridgehead atoms. The second-order valence-corrected chi connectivity index (χ2v) is 10.1. The zero-order valence-corrected chi connectivity index (χ0v) is 24.3. The van der Waals surface area contributed by atoms with E-state index in [9.17, 15) is 14.4 Å². The Bertz CT molecular complexity index is 869. The van der Waals surface area contributed by atoms with Crippen LogP contribution < -0.4 is 15.2 Å². The summed E-state index contributed by atoms with van der Waals surface area (Å²) in [7, 11) is 1.40. The summed E-state index contributed by atoms with van der Waals surface area (Å²) in [6.07, 6.45) is 13.7. The highest BCUT2D eigenvalue weighted by Gasteiger charge is 2.22. The van der Waals surface area contributed by atoms with Crippen molar-refractivity contribution in [3.05, 3.63) is 18.0 Å². The third kappa shape index (κ3) is 14.7. The summed E-state index contributed by atoms with van der Waals surface area (Å²) >= 11 is 0. The number of nitrogens with two attached hydrogens (primary N) is 1. The second-order valence-electron chi connectivity index (χ2n) is 10.1. The second kappa shape index (κ2) is 19.2. The monoisotopic (exact) mass is 552 g/mol. The highest BCUT2D eigenvalue weighted by atomic mass is 16.7. The molecule has 3 N–H and O–H groups in total. The van der Waals surface area contributed by atoms with Crippen molar-refractivity contribution in [2.75, 3.05) is 20.5 Å². The lowest BCUT2D eigenvalue weighted by molar-refractivity contribution is -0.149. The van der Waals surface area contributed by atoms with Gasteiger partial charge in [0.05, 0.1) is 13.2 Å². The van der Waals surface area contributed by atoms with Crippen molar-refractivity contribution in [3.8, 4) is 11.5 Å². The Kier molecular flexibility index (Phi) is 16.8. The molecule has 2 atom stereocenters. The molecule has 1 aromatic rings. The number of nitrogens with zero attached hydrogens (tertiary/aromatic N) is 1. The van der Waals surface area contributed by atoms with Crippen molar-refractivity contribution in [1.29, 1.82) is 0 Å². The van der Waals surface area contributed by atoms with Gasteiger partial charge in [0.1, 0.15) is 0 Å². The van der Waals surface area contributed by atoms with E-state index in [-0.39, 0.29) is 36.1 Å². The number of carbonyl (C=O) groups is 3. The van der Waals surface area contributed by atoms with Crippen molar-refractivity contribution in [3.63, 3.8) is 0 Å². The van der Waals surface area contributed by atoms with Gasteiger partial charge in [-0.3, -0.25) is 14.4 Å². The number of aromatic nitrogens is 1. The Labute approximate surface area is 232 Å². The van der Waals surface area contributed by atoms with Crippen LogP contribution in [0.5, 0.6) is 11.5 Å². The van der Waals surface area contributed by atoms with Crippen molar-refractivity contribution < 1.29 is 38.4 Å². The molecule has 0 spiro atoms. The van der Waals surface area contributed by atoms with Crippen LogP contribution in [-0.2, 0) is 19.1 Å². The van der Waals surface area contributed by atoms with Crippen LogP contribution in [0.15, 0.2) is 12.3 Å². The van der Waals surface area contributed by atoms with Crippen molar-refractivity contribution >= 4 is 17.8 Å². The molecule has 0 aromatic carbocycles. The number of hydrogen-bond acceptors (Lipinski definition) is 9. The summed E-state index contributed by atoms with van der Waals surface area (Å²) in [6.45, 7) is 7.44. The van der Waals surface area contributed by atoms with Crippen LogP contribution in [0.1, 0.15) is 102 Å². The lowest BCUT2D eigenvalue weighted by Gasteiger charge is -2.22. The molecule has 3 rings (SSSR count). The lowest BCUT2D eigenvalue weighted by Crippen LogP contribution is -2.19. The maximum Gasteiger partial charge on any atom is 0.305 e. The summed E-state index contributed by atoms with van der Waals surface area (Å²) in [5, 5.41) is 8.21. The van der Waals surface area contributed by atoms with Gasteiger partial charge in [-0.25, -0.2) is 4.98 Å². The van der Waals surface area contributed by atoms with Crippen molar-refractivity contribution in [1.82, 2.24) is 4.98 Å². The highest BCUT2D eigenvalue weighted by Crippen LogP contribution is 2.33. The predicted octanol–water partition coefficient (Wildman–Crippen LogP) is 4.80. The minimum Gasteiger partial charge on any atom is -0.493 e. The van der Waals surface area contributed by atoms with E-state index >= 15 is 0 Å². The number of ether oxygens (including phenoxy) is 4. The summed E-state index contributed by atoms with van der Waals surface area (Å²) in [6, 6.07) is 1.50. The molecular weight excluding hydrogens is 504 g/mol. The first-order valence-electron chi connectivity index (χ1n) is 14.0. The van der Waals surface area contributed by atoms with Crippen molar-refractivity contribution in [2.24, 2.45) is 23.5 Å². The lowest BCUT2D eigenvalue weighted by atomic mass is 9.88. The first-order valence-corrected chi connectivity index (χ1v) is 14.0. The normalized spacial score (nSPS) is 15.9. The van der Waals surface area contributed by atoms with Crippen LogP contribution in [0.25, 0.3) is 0 Å². The molecule has 2 aliphatic rings. The number of carbonyl (C=O) groups excluding carboxylic acids is 3. The molecule has 0 aliphatic heterocycles. The number of rotatable bonds is 13. The zero-order chi connectivity index (χ0) is 29.2. The van der Waals surface area contributed by atoms with Gasteiger partial charge in [0.15, 0.2) is 17.2 Å². The van der Waals surface area contributed by atoms with Gasteiger partial charge in [0, 0.05) is 32.2 Å². The van der Waals surface area contributed by atoms with Gasteiger partial charge < -0.3 is 29.8 Å². The molecule has 1 amide bonds. The van der Waals surface area contributed by atoms with Gasteiger partial charge in [-0.1, -0.05) is 46.0 Å². The molecule has 39 heavy (non-hydrogen) atoms. The van der Waals surface area contributed by atoms with Gasteiger partial charge >= 0.3 is 11.9 Å². The van der Waals surface area contributed by atoms with Gasteiger partial charge in [-0.2, -0.15) is 0 Å². The third-order valence-corrected chi connectivity index (χ3v) is 6.75. The fourth-order valence-corrected chi connectivity index (χ4v) is 4.35. The van der Waals surface area contributed by atoms with Crippen LogP contribution in [-0.4, -0.2) is 54.5 Å². The first-order chi connectivity index (χ1) is 18.6. The van der Waals surface area contributed by atoms with Crippen LogP contribution in [0, 0.1) is 17.8 Å². The number of aliphatic hydroxyl groups excluding tert-OH is 1. The minimum absolute atomic E-state index is 0.0451. The Morgan fingerprint density at radius 2 is 1.79 bits per heavy atom. The Morgan fingerprint density at radius 1 is 1.13 bits per heavy atom. The van der Waals surface area contributed by atoms with Crippen LogP contribution >= 0.6 is 0 Å². The number of primary amides is 1. The number of methoxy groups -OCH3 is 1. The van der Waals surface area contributed by atoms with Gasteiger partial charge in [-0.15, -0.1) is 0 Å². The predicted molar refractivity (Wildman–Crippen MR) is 147 cm³/mol. The fraction of sp³-hybridized carbons (Fsp3) is 0.724. The molecule has 1 heterocycles. The van der Waals surface area contributed by atoms with Gasteiger partial charge in [-0.05, 0) is 50.4 Å². The van der Waals surface area contributed by atoms with E-state index in [0.717, 1.165) is 18.3 Å². The van der Waals surface area contributed by atoms with Crippen LogP contribution in [0.3, 0.4) is 0 Å². The molecule has 222 valence electrons. The van der Waals surface area contributed by atoms with Crippen molar-refractivity contribution in [2.45, 2.75) is 98.0 Å². The maximum absolute atomic E-state index is 11.2. The molecule has 0 saturated heterocycles. The molecule has 10 heteroatoms. The number of hydrogen-bond donors (Lipinski definition) is 2. The highest BCUT2D eigenvalue weighted by molar-refractivity contribution is 5.94. The van der Waals surface area contributed by atoms with Crippen LogP contribution in [0.2, 0.25) is 0 Å². The van der Waals surface area contributed by atoms with E-state index in [4.69, 9.17) is 25.1 Å². The number of esters is 2. The topological polar surface area (TPSA) is 147 Å². The van der Waals surface area contributed by atoms with Gasteiger partial charge in [0.2, 0.25) is 6.79 Å². The van der Waals surface area contributed by atoms with E-state index < -0.39 is 11.9 Å². The van der Waals surface area contributed by atoms with E-state index in [1.807, 2.05) is 13.8 Å². The molecule has 2 unspecified atom stereocenters. The smallest absolute Gasteiger partial charge is 0.305 e. The fourth-order valence-electron chi connectivity index (χ4n) is 4.35. The summed E-state index contributed by atoms with van der Waals surface area (Å²) in [5.41, 5.74) is 5.04. The number of pyridine rings is 1. The van der Waals surface area contributed by atoms with Gasteiger partial charge in [0.25, 0.3) is 5.91 Å². The Morgan fingerprint density at radius 3 is 2.26 bits per heavy atom. The van der Waals surface area contributed by atoms with E-state index in [1.165, 1.54) is 77.7 Å². The molecule has 2 fully saturated rings. The summed E-state index contributed by atoms with van der Waals surface area (Å²) in [4.78, 5) is 36.6. The minimum atomic E-state index is -0.762. The molecule has 1 aromatic heterocycles. The summed E-state index contributed by atoms with van der Waals surface area (Å²) < 4.78 is 20.0. The average Bonchev–Trinajstić information content (AvgIpc) is 3.63. The van der Waals surface area contributed by atoms with E-state index in [0.29, 0.717) is 18.9 Å². The number of aliphatic hydroxyl groups is 1.